The minimum atomic E-state index is 0.0705. The number of halogens is 1. The van der Waals surface area contributed by atoms with Gasteiger partial charge in [-0.05, 0) is 6.54 Å². The molecule has 0 spiro atoms. The summed E-state index contributed by atoms with van der Waals surface area (Å²) in [7, 11) is 3.49. The number of aromatic nitrogens is 2. The van der Waals surface area contributed by atoms with Crippen LogP contribution in [0.15, 0.2) is 0 Å². The van der Waals surface area contributed by atoms with E-state index in [1.54, 1.807) is 19.0 Å². The van der Waals surface area contributed by atoms with Crippen molar-refractivity contribution < 1.29 is 4.79 Å². The van der Waals surface area contributed by atoms with Crippen LogP contribution in [0.1, 0.15) is 12.6 Å². The van der Waals surface area contributed by atoms with Crippen molar-refractivity contribution in [3.8, 4) is 0 Å². The molecule has 0 unspecified atom stereocenters. The molecule has 0 saturated heterocycles. The molecule has 0 aliphatic heterocycles. The summed E-state index contributed by atoms with van der Waals surface area (Å²) in [4.78, 5) is 15.1. The number of hydrogen-bond acceptors (Lipinski definition) is 5. The zero-order chi connectivity index (χ0) is 12.1. The molecule has 90 valence electrons. The van der Waals surface area contributed by atoms with E-state index in [2.05, 4.69) is 9.59 Å². The Balaban J connectivity index is 2.56. The van der Waals surface area contributed by atoms with Crippen LogP contribution in [-0.2, 0) is 11.3 Å². The number of carbonyl (C=O) groups is 1. The third kappa shape index (κ3) is 3.70. The Morgan fingerprint density at radius 3 is 2.62 bits per heavy atom. The molecule has 0 N–H and O–H groups in total. The van der Waals surface area contributed by atoms with Crippen LogP contribution < -0.4 is 0 Å². The van der Waals surface area contributed by atoms with Crippen molar-refractivity contribution >= 4 is 29.0 Å². The quantitative estimate of drug-likeness (QED) is 0.798. The molecule has 1 amide bonds. The lowest BCUT2D eigenvalue weighted by molar-refractivity contribution is -0.130. The maximum Gasteiger partial charge on any atom is 0.236 e. The highest BCUT2D eigenvalue weighted by Gasteiger charge is 2.14. The molecule has 7 heteroatoms. The lowest BCUT2D eigenvalue weighted by atomic mass is 10.4. The van der Waals surface area contributed by atoms with Crippen molar-refractivity contribution in [2.75, 3.05) is 27.2 Å². The molecule has 0 saturated carbocycles. The van der Waals surface area contributed by atoms with Crippen LogP contribution in [0.3, 0.4) is 0 Å². The van der Waals surface area contributed by atoms with Crippen LogP contribution in [0, 0.1) is 0 Å². The van der Waals surface area contributed by atoms with Gasteiger partial charge in [0.25, 0.3) is 0 Å². The van der Waals surface area contributed by atoms with Crippen LogP contribution in [0.25, 0.3) is 0 Å². The summed E-state index contributed by atoms with van der Waals surface area (Å²) in [5, 5.41) is 3.93. The summed E-state index contributed by atoms with van der Waals surface area (Å²) in [6.45, 7) is 3.70. The first kappa shape index (κ1) is 13.3. The highest BCUT2D eigenvalue weighted by atomic mass is 35.5. The monoisotopic (exact) mass is 262 g/mol. The fourth-order valence-electron chi connectivity index (χ4n) is 1.12. The van der Waals surface area contributed by atoms with E-state index in [4.69, 9.17) is 11.6 Å². The summed E-state index contributed by atoms with van der Waals surface area (Å²) >= 11 is 7.08. The van der Waals surface area contributed by atoms with E-state index < -0.39 is 0 Å². The van der Waals surface area contributed by atoms with Crippen molar-refractivity contribution in [2.45, 2.75) is 13.5 Å². The minimum absolute atomic E-state index is 0.0705. The Morgan fingerprint density at radius 2 is 2.19 bits per heavy atom. The van der Waals surface area contributed by atoms with Crippen molar-refractivity contribution in [1.29, 1.82) is 0 Å². The molecule has 0 aromatic carbocycles. The van der Waals surface area contributed by atoms with Crippen molar-refractivity contribution in [3.63, 3.8) is 0 Å². The van der Waals surface area contributed by atoms with Gasteiger partial charge in [-0.3, -0.25) is 9.69 Å². The molecule has 0 aliphatic rings. The molecule has 0 atom stereocenters. The highest BCUT2D eigenvalue weighted by Crippen LogP contribution is 2.18. The number of hydrogen-bond donors (Lipinski definition) is 0. The Bertz CT molecular complexity index is 355. The summed E-state index contributed by atoms with van der Waals surface area (Å²) in [6, 6.07) is 0. The molecular formula is C9H15ClN4OS. The van der Waals surface area contributed by atoms with Crippen LogP contribution in [-0.4, -0.2) is 52.5 Å². The highest BCUT2D eigenvalue weighted by molar-refractivity contribution is 7.10. The topological polar surface area (TPSA) is 49.3 Å². The lowest BCUT2D eigenvalue weighted by Gasteiger charge is -2.20. The largest absolute Gasteiger partial charge is 0.348 e. The van der Waals surface area contributed by atoms with E-state index >= 15 is 0 Å². The summed E-state index contributed by atoms with van der Waals surface area (Å²) in [5.41, 5.74) is 0.736. The molecule has 1 rings (SSSR count). The standard InChI is InChI=1S/C9H15ClN4OS/c1-4-14(6-8(15)13(2)3)5-7-9(10)16-12-11-7/h4-6H2,1-3H3. The number of likely N-dealkylation sites (N-methyl/N-ethyl adjacent to an activating group) is 2. The van der Waals surface area contributed by atoms with Crippen LogP contribution >= 0.6 is 23.1 Å². The van der Waals surface area contributed by atoms with Gasteiger partial charge in [-0.25, -0.2) is 0 Å². The third-order valence-electron chi connectivity index (χ3n) is 2.19. The van der Waals surface area contributed by atoms with Gasteiger partial charge in [0.2, 0.25) is 5.91 Å². The molecular weight excluding hydrogens is 248 g/mol. The number of nitrogens with zero attached hydrogens (tertiary/aromatic N) is 4. The van der Waals surface area contributed by atoms with E-state index in [9.17, 15) is 4.79 Å². The Labute approximate surface area is 104 Å². The molecule has 16 heavy (non-hydrogen) atoms. The number of rotatable bonds is 5. The predicted octanol–water partition coefficient (Wildman–Crippen LogP) is 1.10. The number of carbonyl (C=O) groups excluding carboxylic acids is 1. The van der Waals surface area contributed by atoms with Crippen molar-refractivity contribution in [1.82, 2.24) is 19.4 Å². The summed E-state index contributed by atoms with van der Waals surface area (Å²) < 4.78 is 4.35. The fraction of sp³-hybridized carbons (Fsp3) is 0.667. The van der Waals surface area contributed by atoms with Gasteiger partial charge in [-0.15, -0.1) is 5.10 Å². The molecule has 0 bridgehead atoms. The van der Waals surface area contributed by atoms with Crippen LogP contribution in [0.5, 0.6) is 0 Å². The first-order valence-electron chi connectivity index (χ1n) is 4.93. The van der Waals surface area contributed by atoms with Gasteiger partial charge >= 0.3 is 0 Å². The molecule has 1 heterocycles. The van der Waals surface area contributed by atoms with Crippen molar-refractivity contribution in [2.24, 2.45) is 0 Å². The lowest BCUT2D eigenvalue weighted by Crippen LogP contribution is -2.36. The molecule has 0 aliphatic carbocycles. The van der Waals surface area contributed by atoms with Gasteiger partial charge in [-0.1, -0.05) is 23.0 Å². The Kier molecular flexibility index (Phi) is 5.11. The minimum Gasteiger partial charge on any atom is -0.348 e. The average Bonchev–Trinajstić information content (AvgIpc) is 2.63. The van der Waals surface area contributed by atoms with Crippen LogP contribution in [0.4, 0.5) is 0 Å². The zero-order valence-electron chi connectivity index (χ0n) is 9.60. The molecule has 1 aromatic rings. The Morgan fingerprint density at radius 1 is 1.50 bits per heavy atom. The first-order chi connectivity index (χ1) is 7.54. The van der Waals surface area contributed by atoms with E-state index in [-0.39, 0.29) is 5.91 Å². The van der Waals surface area contributed by atoms with Gasteiger partial charge in [0, 0.05) is 32.2 Å². The Hall–Kier alpha value is -0.720. The second-order valence-corrected chi connectivity index (χ2v) is 4.94. The van der Waals surface area contributed by atoms with Crippen LogP contribution in [0.2, 0.25) is 4.34 Å². The van der Waals surface area contributed by atoms with E-state index in [0.717, 1.165) is 23.8 Å². The SMILES string of the molecule is CCN(CC(=O)N(C)C)Cc1nnsc1Cl. The average molecular weight is 263 g/mol. The second-order valence-electron chi connectivity index (χ2n) is 3.58. The van der Waals surface area contributed by atoms with E-state index in [1.807, 2.05) is 11.8 Å². The fourth-order valence-corrected chi connectivity index (χ4v) is 1.73. The normalized spacial score (nSPS) is 10.8. The maximum atomic E-state index is 11.5. The summed E-state index contributed by atoms with van der Waals surface area (Å²) in [6.07, 6.45) is 0. The van der Waals surface area contributed by atoms with Gasteiger partial charge in [-0.2, -0.15) is 0 Å². The molecule has 0 radical (unpaired) electrons. The maximum absolute atomic E-state index is 11.5. The van der Waals surface area contributed by atoms with Crippen molar-refractivity contribution in [3.05, 3.63) is 10.0 Å². The van der Waals surface area contributed by atoms with Gasteiger partial charge in [0.05, 0.1) is 6.54 Å². The third-order valence-corrected chi connectivity index (χ3v) is 3.17. The second kappa shape index (κ2) is 6.12. The van der Waals surface area contributed by atoms with Gasteiger partial charge in [0.15, 0.2) is 0 Å². The zero-order valence-corrected chi connectivity index (χ0v) is 11.2. The molecule has 1 aromatic heterocycles. The number of amides is 1. The van der Waals surface area contributed by atoms with E-state index in [1.165, 1.54) is 0 Å². The van der Waals surface area contributed by atoms with Gasteiger partial charge in [0.1, 0.15) is 10.0 Å². The van der Waals surface area contributed by atoms with Gasteiger partial charge < -0.3 is 4.90 Å². The van der Waals surface area contributed by atoms with E-state index in [0.29, 0.717) is 17.4 Å². The molecule has 0 fully saturated rings. The predicted molar refractivity (Wildman–Crippen MR) is 64.6 cm³/mol. The smallest absolute Gasteiger partial charge is 0.236 e. The summed E-state index contributed by atoms with van der Waals surface area (Å²) in [5.74, 6) is 0.0705. The molecule has 5 nitrogen and oxygen atoms in total. The first-order valence-corrected chi connectivity index (χ1v) is 6.09.